The summed E-state index contributed by atoms with van der Waals surface area (Å²) >= 11 is 5.39. The molecule has 0 bridgehead atoms. The minimum absolute atomic E-state index is 0.0779. The summed E-state index contributed by atoms with van der Waals surface area (Å²) in [5.74, 6) is 0.362. The molecule has 1 heterocycles. The number of methoxy groups -OCH3 is 1. The van der Waals surface area contributed by atoms with E-state index in [2.05, 4.69) is 10.2 Å². The van der Waals surface area contributed by atoms with Gasteiger partial charge < -0.3 is 9.15 Å². The Morgan fingerprint density at radius 1 is 1.35 bits per heavy atom. The fraction of sp³-hybridized carbons (Fsp3) is 0.182. The number of halogens is 1. The van der Waals surface area contributed by atoms with E-state index < -0.39 is 0 Å². The van der Waals surface area contributed by atoms with E-state index in [-0.39, 0.29) is 23.4 Å². The van der Waals surface area contributed by atoms with Crippen molar-refractivity contribution in [1.29, 1.82) is 0 Å². The molecule has 0 spiro atoms. The minimum Gasteiger partial charge on any atom is -0.497 e. The van der Waals surface area contributed by atoms with Gasteiger partial charge in [0.25, 0.3) is 5.89 Å². The Bertz CT molecular complexity index is 522. The molecule has 0 aliphatic heterocycles. The molecule has 0 unspecified atom stereocenters. The van der Waals surface area contributed by atoms with Crippen LogP contribution in [-0.2, 0) is 0 Å². The Labute approximate surface area is 102 Å². The molecule has 0 saturated carbocycles. The number of carbonyl (C=O) groups is 1. The van der Waals surface area contributed by atoms with Crippen molar-refractivity contribution >= 4 is 17.4 Å². The number of carbonyl (C=O) groups excluding carboxylic acids is 1. The number of Topliss-reactive ketones (excluding diaryl/α,β-unsaturated/α-hetero) is 1. The topological polar surface area (TPSA) is 65.2 Å². The summed E-state index contributed by atoms with van der Waals surface area (Å²) in [5.41, 5.74) is 0.715. The summed E-state index contributed by atoms with van der Waals surface area (Å²) in [7, 11) is 1.58. The molecule has 6 heteroatoms. The van der Waals surface area contributed by atoms with Crippen LogP contribution in [0.3, 0.4) is 0 Å². The average molecular weight is 253 g/mol. The zero-order chi connectivity index (χ0) is 12.3. The van der Waals surface area contributed by atoms with E-state index in [4.69, 9.17) is 20.8 Å². The molecule has 0 N–H and O–H groups in total. The van der Waals surface area contributed by atoms with Gasteiger partial charge in [0.15, 0.2) is 0 Å². The van der Waals surface area contributed by atoms with Gasteiger partial charge in [-0.2, -0.15) is 0 Å². The first-order valence-corrected chi connectivity index (χ1v) is 5.35. The highest BCUT2D eigenvalue weighted by Crippen LogP contribution is 2.21. The van der Waals surface area contributed by atoms with E-state index in [9.17, 15) is 4.79 Å². The Hall–Kier alpha value is -1.88. The van der Waals surface area contributed by atoms with Crippen molar-refractivity contribution in [2.45, 2.75) is 0 Å². The van der Waals surface area contributed by atoms with Crippen molar-refractivity contribution in [2.75, 3.05) is 13.0 Å². The van der Waals surface area contributed by atoms with Gasteiger partial charge in [-0.1, -0.05) is 0 Å². The second kappa shape index (κ2) is 4.97. The predicted molar refractivity (Wildman–Crippen MR) is 61.3 cm³/mol. The number of ether oxygens (including phenoxy) is 1. The lowest BCUT2D eigenvalue weighted by molar-refractivity contribution is 0.0985. The molecule has 0 atom stereocenters. The third-order valence-electron chi connectivity index (χ3n) is 2.12. The number of benzene rings is 1. The lowest BCUT2D eigenvalue weighted by Gasteiger charge is -1.98. The van der Waals surface area contributed by atoms with Crippen LogP contribution in [0.25, 0.3) is 11.5 Å². The quantitative estimate of drug-likeness (QED) is 0.616. The lowest BCUT2D eigenvalue weighted by Crippen LogP contribution is -1.99. The molecular formula is C11H9ClN2O3. The van der Waals surface area contributed by atoms with E-state index in [1.165, 1.54) is 0 Å². The van der Waals surface area contributed by atoms with Crippen LogP contribution >= 0.6 is 11.6 Å². The molecule has 0 amide bonds. The van der Waals surface area contributed by atoms with Crippen LogP contribution in [0, 0.1) is 0 Å². The zero-order valence-electron chi connectivity index (χ0n) is 9.01. The van der Waals surface area contributed by atoms with E-state index in [0.717, 1.165) is 5.75 Å². The smallest absolute Gasteiger partial charge is 0.285 e. The highest BCUT2D eigenvalue weighted by atomic mass is 35.5. The maximum Gasteiger partial charge on any atom is 0.285 e. The third kappa shape index (κ3) is 2.45. The number of alkyl halides is 1. The van der Waals surface area contributed by atoms with Crippen molar-refractivity contribution in [3.8, 4) is 17.2 Å². The minimum atomic E-state index is -0.390. The fourth-order valence-corrected chi connectivity index (χ4v) is 1.36. The van der Waals surface area contributed by atoms with Crippen molar-refractivity contribution in [1.82, 2.24) is 10.2 Å². The Kier molecular flexibility index (Phi) is 3.39. The van der Waals surface area contributed by atoms with Gasteiger partial charge in [0, 0.05) is 5.56 Å². The molecule has 17 heavy (non-hydrogen) atoms. The molecule has 88 valence electrons. The summed E-state index contributed by atoms with van der Waals surface area (Å²) in [6.07, 6.45) is 0. The fourth-order valence-electron chi connectivity index (χ4n) is 1.24. The lowest BCUT2D eigenvalue weighted by atomic mass is 10.2. The zero-order valence-corrected chi connectivity index (χ0v) is 9.77. The number of hydrogen-bond acceptors (Lipinski definition) is 5. The highest BCUT2D eigenvalue weighted by molar-refractivity contribution is 6.29. The van der Waals surface area contributed by atoms with Crippen LogP contribution < -0.4 is 4.74 Å². The number of rotatable bonds is 4. The van der Waals surface area contributed by atoms with Gasteiger partial charge in [0.2, 0.25) is 11.7 Å². The first-order chi connectivity index (χ1) is 8.24. The van der Waals surface area contributed by atoms with E-state index in [0.29, 0.717) is 5.56 Å². The van der Waals surface area contributed by atoms with Crippen LogP contribution in [0.4, 0.5) is 0 Å². The molecule has 0 radical (unpaired) electrons. The number of ketones is 1. The van der Waals surface area contributed by atoms with Crippen molar-refractivity contribution in [2.24, 2.45) is 0 Å². The average Bonchev–Trinajstić information content (AvgIpc) is 2.87. The number of aromatic nitrogens is 2. The van der Waals surface area contributed by atoms with Crippen LogP contribution in [0.2, 0.25) is 0 Å². The molecule has 1 aromatic carbocycles. The maximum atomic E-state index is 11.2. The second-order valence-electron chi connectivity index (χ2n) is 3.20. The van der Waals surface area contributed by atoms with Crippen LogP contribution in [0.5, 0.6) is 5.75 Å². The monoisotopic (exact) mass is 252 g/mol. The van der Waals surface area contributed by atoms with Gasteiger partial charge in [0.1, 0.15) is 5.75 Å². The SMILES string of the molecule is COc1ccc(-c2nnc(C(=O)CCl)o2)cc1. The van der Waals surface area contributed by atoms with Gasteiger partial charge in [-0.05, 0) is 24.3 Å². The van der Waals surface area contributed by atoms with Crippen LogP contribution in [-0.4, -0.2) is 29.0 Å². The van der Waals surface area contributed by atoms with Gasteiger partial charge >= 0.3 is 0 Å². The highest BCUT2D eigenvalue weighted by Gasteiger charge is 2.14. The van der Waals surface area contributed by atoms with E-state index in [1.54, 1.807) is 31.4 Å². The second-order valence-corrected chi connectivity index (χ2v) is 3.46. The third-order valence-corrected chi connectivity index (χ3v) is 2.36. The van der Waals surface area contributed by atoms with Crippen molar-refractivity contribution in [3.63, 3.8) is 0 Å². The Morgan fingerprint density at radius 2 is 2.06 bits per heavy atom. The van der Waals surface area contributed by atoms with Crippen molar-refractivity contribution in [3.05, 3.63) is 30.2 Å². The number of hydrogen-bond donors (Lipinski definition) is 0. The van der Waals surface area contributed by atoms with Crippen molar-refractivity contribution < 1.29 is 13.9 Å². The Morgan fingerprint density at radius 3 is 2.65 bits per heavy atom. The van der Waals surface area contributed by atoms with Crippen LogP contribution in [0.1, 0.15) is 10.7 Å². The summed E-state index contributed by atoms with van der Waals surface area (Å²) < 4.78 is 10.2. The first kappa shape index (κ1) is 11.6. The van der Waals surface area contributed by atoms with Gasteiger partial charge in [0.05, 0.1) is 13.0 Å². The molecule has 0 saturated heterocycles. The van der Waals surface area contributed by atoms with E-state index >= 15 is 0 Å². The normalized spacial score (nSPS) is 10.2. The summed E-state index contributed by atoms with van der Waals surface area (Å²) in [4.78, 5) is 11.2. The van der Waals surface area contributed by atoms with E-state index in [1.807, 2.05) is 0 Å². The largest absolute Gasteiger partial charge is 0.497 e. The summed E-state index contributed by atoms with van der Waals surface area (Å²) in [5, 5.41) is 7.40. The molecule has 0 aliphatic carbocycles. The van der Waals surface area contributed by atoms with Gasteiger partial charge in [-0.3, -0.25) is 4.79 Å². The summed E-state index contributed by atoms with van der Waals surface area (Å²) in [6, 6.07) is 7.06. The molecular weight excluding hydrogens is 244 g/mol. The molecule has 0 fully saturated rings. The van der Waals surface area contributed by atoms with Gasteiger partial charge in [-0.25, -0.2) is 0 Å². The molecule has 2 rings (SSSR count). The number of nitrogens with zero attached hydrogens (tertiary/aromatic N) is 2. The molecule has 1 aromatic heterocycles. The molecule has 5 nitrogen and oxygen atoms in total. The predicted octanol–water partition coefficient (Wildman–Crippen LogP) is 2.17. The Balaban J connectivity index is 2.27. The van der Waals surface area contributed by atoms with Gasteiger partial charge in [-0.15, -0.1) is 21.8 Å². The first-order valence-electron chi connectivity index (χ1n) is 4.81. The standard InChI is InChI=1S/C11H9ClN2O3/c1-16-8-4-2-7(3-5-8)10-13-14-11(17-10)9(15)6-12/h2-5H,6H2,1H3. The summed E-state index contributed by atoms with van der Waals surface area (Å²) in [6.45, 7) is 0. The molecule has 0 aliphatic rings. The van der Waals surface area contributed by atoms with Crippen LogP contribution in [0.15, 0.2) is 28.7 Å². The molecule has 2 aromatic rings. The maximum absolute atomic E-state index is 11.2.